The van der Waals surface area contributed by atoms with Gasteiger partial charge in [0.2, 0.25) is 0 Å². The number of H-pyrrole nitrogens is 1. The summed E-state index contributed by atoms with van der Waals surface area (Å²) in [6.07, 6.45) is 10.7. The van der Waals surface area contributed by atoms with Crippen LogP contribution in [0.3, 0.4) is 0 Å². The summed E-state index contributed by atoms with van der Waals surface area (Å²) in [5, 5.41) is 3.31. The number of hydrogen-bond acceptors (Lipinski definition) is 2. The molecule has 5 nitrogen and oxygen atoms in total. The lowest BCUT2D eigenvalue weighted by molar-refractivity contribution is -0.0607. The van der Waals surface area contributed by atoms with E-state index in [0.717, 1.165) is 47.9 Å². The molecule has 2 heterocycles. The fraction of sp³-hybridized carbons (Fsp3) is 0.810. The lowest BCUT2D eigenvalue weighted by atomic mass is 9.48. The molecule has 5 heteroatoms. The van der Waals surface area contributed by atoms with Gasteiger partial charge in [0.15, 0.2) is 0 Å². The second kappa shape index (κ2) is 6.00. The van der Waals surface area contributed by atoms with Gasteiger partial charge in [0.25, 0.3) is 0 Å². The van der Waals surface area contributed by atoms with Crippen molar-refractivity contribution in [3.05, 3.63) is 17.2 Å². The summed E-state index contributed by atoms with van der Waals surface area (Å²) in [5.41, 5.74) is 2.77. The molecule has 1 atom stereocenters. The first-order valence-corrected chi connectivity index (χ1v) is 10.6. The van der Waals surface area contributed by atoms with E-state index >= 15 is 0 Å². The Kier molecular flexibility index (Phi) is 3.84. The molecule has 0 radical (unpaired) electrons. The highest BCUT2D eigenvalue weighted by Crippen LogP contribution is 2.61. The van der Waals surface area contributed by atoms with Crippen LogP contribution >= 0.6 is 0 Å². The molecule has 0 spiro atoms. The number of fused-ring (bicyclic) bond motifs is 1. The van der Waals surface area contributed by atoms with E-state index in [1.807, 2.05) is 11.8 Å². The van der Waals surface area contributed by atoms with E-state index < -0.39 is 0 Å². The Bertz CT molecular complexity index is 674. The van der Waals surface area contributed by atoms with Gasteiger partial charge in [-0.1, -0.05) is 0 Å². The predicted octanol–water partition coefficient (Wildman–Crippen LogP) is 3.78. The standard InChI is InChI=1S/C21H32N4O/c1-13(8-21-9-15-5-16(10-21)7-17(6-15)11-21)22-20(26)25-4-3-18-19(12-25)24-14(2)23-18/h13,15-17H,3-12H2,1-2H3,(H,22,26)(H,23,24). The number of nitrogens with zero attached hydrogens (tertiary/aromatic N) is 2. The number of nitrogens with one attached hydrogen (secondary N) is 2. The molecule has 4 bridgehead atoms. The summed E-state index contributed by atoms with van der Waals surface area (Å²) in [4.78, 5) is 22.6. The fourth-order valence-electron chi connectivity index (χ4n) is 7.15. The van der Waals surface area contributed by atoms with Crippen LogP contribution in [0.5, 0.6) is 0 Å². The van der Waals surface area contributed by atoms with E-state index in [2.05, 4.69) is 22.2 Å². The molecule has 1 aliphatic heterocycles. The van der Waals surface area contributed by atoms with E-state index in [1.54, 1.807) is 0 Å². The summed E-state index contributed by atoms with van der Waals surface area (Å²) in [6.45, 7) is 5.63. The molecule has 4 aliphatic carbocycles. The summed E-state index contributed by atoms with van der Waals surface area (Å²) in [7, 11) is 0. The third-order valence-corrected chi connectivity index (χ3v) is 7.51. The van der Waals surface area contributed by atoms with Crippen molar-refractivity contribution in [3.63, 3.8) is 0 Å². The smallest absolute Gasteiger partial charge is 0.317 e. The number of imidazole rings is 1. The Morgan fingerprint density at radius 1 is 1.27 bits per heavy atom. The molecular formula is C21H32N4O. The Morgan fingerprint density at radius 3 is 2.58 bits per heavy atom. The third-order valence-electron chi connectivity index (χ3n) is 7.51. The van der Waals surface area contributed by atoms with Gasteiger partial charge < -0.3 is 15.2 Å². The zero-order valence-electron chi connectivity index (χ0n) is 16.2. The number of urea groups is 1. The number of rotatable bonds is 3. The van der Waals surface area contributed by atoms with Crippen molar-refractivity contribution < 1.29 is 4.79 Å². The molecule has 4 saturated carbocycles. The molecule has 1 unspecified atom stereocenters. The minimum atomic E-state index is 0.0973. The van der Waals surface area contributed by atoms with Gasteiger partial charge in [-0.2, -0.15) is 0 Å². The van der Waals surface area contributed by atoms with Crippen LogP contribution in [-0.4, -0.2) is 33.5 Å². The average Bonchev–Trinajstić information content (AvgIpc) is 2.91. The Balaban J connectivity index is 1.20. The van der Waals surface area contributed by atoms with Gasteiger partial charge in [-0.15, -0.1) is 0 Å². The lowest BCUT2D eigenvalue weighted by Crippen LogP contribution is -2.51. The van der Waals surface area contributed by atoms with E-state index in [1.165, 1.54) is 44.9 Å². The zero-order chi connectivity index (χ0) is 17.9. The molecule has 142 valence electrons. The maximum Gasteiger partial charge on any atom is 0.317 e. The van der Waals surface area contributed by atoms with E-state index in [-0.39, 0.29) is 12.1 Å². The number of carbonyl (C=O) groups is 1. The summed E-state index contributed by atoms with van der Waals surface area (Å²) < 4.78 is 0. The molecule has 5 aliphatic rings. The minimum Gasteiger partial charge on any atom is -0.344 e. The molecular weight excluding hydrogens is 324 g/mol. The van der Waals surface area contributed by atoms with Crippen LogP contribution in [0.15, 0.2) is 0 Å². The highest BCUT2D eigenvalue weighted by Gasteiger charge is 2.51. The van der Waals surface area contributed by atoms with E-state index in [0.29, 0.717) is 12.0 Å². The van der Waals surface area contributed by atoms with Crippen molar-refractivity contribution in [2.45, 2.75) is 77.8 Å². The van der Waals surface area contributed by atoms with Crippen molar-refractivity contribution in [1.82, 2.24) is 20.2 Å². The molecule has 1 aromatic heterocycles. The SMILES string of the molecule is Cc1nc2c([nH]1)CN(C(=O)NC(C)CC13CC4CC(CC(C4)C1)C3)CC2. The van der Waals surface area contributed by atoms with Crippen molar-refractivity contribution in [2.24, 2.45) is 23.2 Å². The van der Waals surface area contributed by atoms with Gasteiger partial charge in [0.05, 0.1) is 17.9 Å². The van der Waals surface area contributed by atoms with Crippen LogP contribution in [0, 0.1) is 30.1 Å². The van der Waals surface area contributed by atoms with Crippen molar-refractivity contribution >= 4 is 6.03 Å². The van der Waals surface area contributed by atoms with Crippen LogP contribution in [-0.2, 0) is 13.0 Å². The fourth-order valence-corrected chi connectivity index (χ4v) is 7.15. The van der Waals surface area contributed by atoms with Gasteiger partial charge in [-0.3, -0.25) is 0 Å². The molecule has 4 fully saturated rings. The predicted molar refractivity (Wildman–Crippen MR) is 101 cm³/mol. The van der Waals surface area contributed by atoms with Gasteiger partial charge in [0, 0.05) is 19.0 Å². The van der Waals surface area contributed by atoms with Crippen LogP contribution in [0.4, 0.5) is 4.79 Å². The van der Waals surface area contributed by atoms with Gasteiger partial charge >= 0.3 is 6.03 Å². The number of aryl methyl sites for hydroxylation is 1. The minimum absolute atomic E-state index is 0.0973. The van der Waals surface area contributed by atoms with Gasteiger partial charge in [0.1, 0.15) is 5.82 Å². The molecule has 0 aromatic carbocycles. The monoisotopic (exact) mass is 356 g/mol. The maximum absolute atomic E-state index is 12.8. The zero-order valence-corrected chi connectivity index (χ0v) is 16.2. The number of aromatic amines is 1. The molecule has 2 N–H and O–H groups in total. The van der Waals surface area contributed by atoms with Crippen LogP contribution in [0.25, 0.3) is 0 Å². The van der Waals surface area contributed by atoms with E-state index in [9.17, 15) is 4.79 Å². The van der Waals surface area contributed by atoms with Crippen molar-refractivity contribution in [2.75, 3.05) is 6.54 Å². The molecule has 26 heavy (non-hydrogen) atoms. The van der Waals surface area contributed by atoms with Crippen LogP contribution in [0.2, 0.25) is 0 Å². The average molecular weight is 357 g/mol. The largest absolute Gasteiger partial charge is 0.344 e. The number of hydrogen-bond donors (Lipinski definition) is 2. The molecule has 6 rings (SSSR count). The van der Waals surface area contributed by atoms with Gasteiger partial charge in [-0.25, -0.2) is 9.78 Å². The van der Waals surface area contributed by atoms with Crippen LogP contribution < -0.4 is 5.32 Å². The van der Waals surface area contributed by atoms with Crippen molar-refractivity contribution in [3.8, 4) is 0 Å². The third kappa shape index (κ3) is 2.93. The summed E-state index contributed by atoms with van der Waals surface area (Å²) in [6, 6.07) is 0.365. The first-order valence-electron chi connectivity index (χ1n) is 10.6. The second-order valence-corrected chi connectivity index (χ2v) is 9.89. The van der Waals surface area contributed by atoms with Crippen LogP contribution in [0.1, 0.15) is 69.1 Å². The second-order valence-electron chi connectivity index (χ2n) is 9.89. The first-order chi connectivity index (χ1) is 12.5. The summed E-state index contributed by atoms with van der Waals surface area (Å²) in [5.74, 6) is 3.89. The maximum atomic E-state index is 12.8. The highest BCUT2D eigenvalue weighted by molar-refractivity contribution is 5.74. The number of carbonyl (C=O) groups excluding carboxylic acids is 1. The van der Waals surface area contributed by atoms with Crippen molar-refractivity contribution in [1.29, 1.82) is 0 Å². The Hall–Kier alpha value is -1.52. The molecule has 0 saturated heterocycles. The highest BCUT2D eigenvalue weighted by atomic mass is 16.2. The number of aromatic nitrogens is 2. The Labute approximate surface area is 156 Å². The quantitative estimate of drug-likeness (QED) is 0.866. The van der Waals surface area contributed by atoms with E-state index in [4.69, 9.17) is 0 Å². The Morgan fingerprint density at radius 2 is 1.92 bits per heavy atom. The molecule has 1 aromatic rings. The molecule has 2 amide bonds. The summed E-state index contributed by atoms with van der Waals surface area (Å²) >= 11 is 0. The normalized spacial score (nSPS) is 36.1. The van der Waals surface area contributed by atoms with Gasteiger partial charge in [-0.05, 0) is 82.0 Å². The topological polar surface area (TPSA) is 61.0 Å². The number of amides is 2. The first kappa shape index (κ1) is 16.6. The lowest BCUT2D eigenvalue weighted by Gasteiger charge is -2.57.